The van der Waals surface area contributed by atoms with E-state index in [2.05, 4.69) is 4.98 Å². The zero-order chi connectivity index (χ0) is 19.3. The van der Waals surface area contributed by atoms with Gasteiger partial charge in [0, 0.05) is 11.9 Å². The van der Waals surface area contributed by atoms with E-state index in [4.69, 9.17) is 5.73 Å². The van der Waals surface area contributed by atoms with Crippen LogP contribution in [0.1, 0.15) is 50.6 Å². The van der Waals surface area contributed by atoms with E-state index in [1.54, 1.807) is 13.1 Å². The summed E-state index contributed by atoms with van der Waals surface area (Å²) in [6.07, 6.45) is 2.94. The molecule has 1 aromatic heterocycles. The number of anilines is 1. The van der Waals surface area contributed by atoms with Gasteiger partial charge in [-0.2, -0.15) is 0 Å². The second-order valence-electron chi connectivity index (χ2n) is 8.39. The number of carbonyl (C=O) groups is 1. The van der Waals surface area contributed by atoms with Crippen LogP contribution in [0.3, 0.4) is 0 Å². The van der Waals surface area contributed by atoms with Gasteiger partial charge in [-0.25, -0.2) is 4.98 Å². The van der Waals surface area contributed by atoms with Crippen LogP contribution in [0.25, 0.3) is 10.4 Å². The minimum Gasteiger partial charge on any atom is -0.481 e. The van der Waals surface area contributed by atoms with Gasteiger partial charge >= 0.3 is 5.97 Å². The molecular formula is C20H26N2O3S. The zero-order valence-electron chi connectivity index (χ0n) is 15.7. The van der Waals surface area contributed by atoms with Gasteiger partial charge in [0.1, 0.15) is 10.6 Å². The quantitative estimate of drug-likeness (QED) is 0.700. The van der Waals surface area contributed by atoms with Crippen molar-refractivity contribution in [2.75, 3.05) is 5.73 Å². The zero-order valence-corrected chi connectivity index (χ0v) is 16.5. The summed E-state index contributed by atoms with van der Waals surface area (Å²) in [7, 11) is 0. The van der Waals surface area contributed by atoms with Crippen molar-refractivity contribution in [3.8, 4) is 10.4 Å². The Hall–Kier alpha value is -1.92. The van der Waals surface area contributed by atoms with Gasteiger partial charge in [-0.15, -0.1) is 11.3 Å². The van der Waals surface area contributed by atoms with E-state index in [-0.39, 0.29) is 0 Å². The van der Waals surface area contributed by atoms with Crippen molar-refractivity contribution in [1.82, 2.24) is 4.98 Å². The van der Waals surface area contributed by atoms with E-state index < -0.39 is 22.4 Å². The fourth-order valence-corrected chi connectivity index (χ4v) is 4.99. The maximum atomic E-state index is 11.8. The molecule has 1 aliphatic carbocycles. The van der Waals surface area contributed by atoms with Crippen molar-refractivity contribution in [3.05, 3.63) is 35.0 Å². The normalized spacial score (nSPS) is 28.0. The van der Waals surface area contributed by atoms with Crippen molar-refractivity contribution in [2.24, 2.45) is 10.8 Å². The number of aliphatic hydroxyl groups is 1. The number of aromatic nitrogens is 1. The number of nitrogens with zero attached hydrogens (tertiary/aromatic N) is 1. The number of carboxylic acids is 1. The molecule has 0 spiro atoms. The van der Waals surface area contributed by atoms with Crippen LogP contribution in [0, 0.1) is 17.8 Å². The Morgan fingerprint density at radius 2 is 1.92 bits per heavy atom. The molecule has 3 rings (SSSR count). The lowest BCUT2D eigenvalue weighted by molar-refractivity contribution is -0.170. The Kier molecular flexibility index (Phi) is 4.40. The molecular weight excluding hydrogens is 348 g/mol. The molecule has 0 radical (unpaired) electrons. The minimum absolute atomic E-state index is 0.367. The SMILES string of the molecule is Cc1cc(N)cc(-c2cnc(C3(O)CCC(C)(C(=O)O)C(C)(C)C3)s2)c1. The number of hydrogen-bond donors (Lipinski definition) is 3. The molecule has 6 heteroatoms. The first-order valence-corrected chi connectivity index (χ1v) is 9.58. The Balaban J connectivity index is 1.93. The summed E-state index contributed by atoms with van der Waals surface area (Å²) in [6.45, 7) is 7.60. The number of nitrogens with two attached hydrogens (primary N) is 1. The lowest BCUT2D eigenvalue weighted by Crippen LogP contribution is -2.51. The summed E-state index contributed by atoms with van der Waals surface area (Å²) >= 11 is 1.45. The monoisotopic (exact) mass is 374 g/mol. The molecule has 2 unspecified atom stereocenters. The third-order valence-corrected chi connectivity index (χ3v) is 7.27. The molecule has 1 aliphatic rings. The molecule has 2 aromatic rings. The van der Waals surface area contributed by atoms with Crippen LogP contribution in [-0.2, 0) is 10.4 Å². The number of thiazole rings is 1. The maximum absolute atomic E-state index is 11.8. The first-order chi connectivity index (χ1) is 12.0. The molecule has 0 saturated heterocycles. The van der Waals surface area contributed by atoms with E-state index >= 15 is 0 Å². The third-order valence-electron chi connectivity index (χ3n) is 6.03. The van der Waals surface area contributed by atoms with Crippen LogP contribution in [0.5, 0.6) is 0 Å². The first-order valence-electron chi connectivity index (χ1n) is 8.77. The van der Waals surface area contributed by atoms with Gasteiger partial charge in [-0.1, -0.05) is 19.9 Å². The first kappa shape index (κ1) is 18.9. The molecule has 4 N–H and O–H groups in total. The molecule has 1 fully saturated rings. The van der Waals surface area contributed by atoms with Gasteiger partial charge in [0.25, 0.3) is 0 Å². The highest BCUT2D eigenvalue weighted by Crippen LogP contribution is 2.56. The van der Waals surface area contributed by atoms with Crippen LogP contribution in [0.4, 0.5) is 5.69 Å². The van der Waals surface area contributed by atoms with E-state index in [9.17, 15) is 15.0 Å². The number of carboxylic acid groups (broad SMARTS) is 1. The van der Waals surface area contributed by atoms with Crippen molar-refractivity contribution in [2.45, 2.75) is 52.6 Å². The van der Waals surface area contributed by atoms with Crippen LogP contribution >= 0.6 is 11.3 Å². The molecule has 2 atom stereocenters. The Morgan fingerprint density at radius 1 is 1.23 bits per heavy atom. The molecule has 140 valence electrons. The second kappa shape index (κ2) is 6.06. The lowest BCUT2D eigenvalue weighted by Gasteiger charge is -2.50. The highest BCUT2D eigenvalue weighted by Gasteiger charge is 2.56. The topological polar surface area (TPSA) is 96.4 Å². The summed E-state index contributed by atoms with van der Waals surface area (Å²) in [4.78, 5) is 17.2. The third kappa shape index (κ3) is 3.01. The smallest absolute Gasteiger partial charge is 0.309 e. The van der Waals surface area contributed by atoms with E-state index in [0.29, 0.717) is 30.0 Å². The molecule has 0 amide bonds. The Labute approximate surface area is 157 Å². The highest BCUT2D eigenvalue weighted by molar-refractivity contribution is 7.15. The largest absolute Gasteiger partial charge is 0.481 e. The second-order valence-corrected chi connectivity index (χ2v) is 9.42. The van der Waals surface area contributed by atoms with Gasteiger partial charge in [0.2, 0.25) is 0 Å². The summed E-state index contributed by atoms with van der Waals surface area (Å²) in [5.74, 6) is -0.806. The average Bonchev–Trinajstić information content (AvgIpc) is 3.00. The highest BCUT2D eigenvalue weighted by atomic mass is 32.1. The number of aliphatic carboxylic acids is 1. The number of hydrogen-bond acceptors (Lipinski definition) is 5. The van der Waals surface area contributed by atoms with Gasteiger partial charge in [0.15, 0.2) is 0 Å². The Bertz CT molecular complexity index is 840. The number of aryl methyl sites for hydroxylation is 1. The number of benzene rings is 1. The van der Waals surface area contributed by atoms with Gasteiger partial charge in [-0.3, -0.25) is 4.79 Å². The van der Waals surface area contributed by atoms with Crippen LogP contribution < -0.4 is 5.73 Å². The molecule has 0 bridgehead atoms. The molecule has 1 aromatic carbocycles. The molecule has 26 heavy (non-hydrogen) atoms. The summed E-state index contributed by atoms with van der Waals surface area (Å²) in [6, 6.07) is 5.86. The maximum Gasteiger partial charge on any atom is 0.309 e. The van der Waals surface area contributed by atoms with E-state index in [1.807, 2.05) is 39.0 Å². The molecule has 5 nitrogen and oxygen atoms in total. The van der Waals surface area contributed by atoms with Crippen LogP contribution in [0.2, 0.25) is 0 Å². The number of rotatable bonds is 3. The lowest BCUT2D eigenvalue weighted by atomic mass is 9.55. The van der Waals surface area contributed by atoms with Crippen molar-refractivity contribution in [3.63, 3.8) is 0 Å². The fraction of sp³-hybridized carbons (Fsp3) is 0.500. The standard InChI is InChI=1S/C20H26N2O3S/c1-12-7-13(9-14(21)8-12)15-10-22-16(26-15)20(25)6-5-19(4,17(23)24)18(2,3)11-20/h7-10,25H,5-6,11,21H2,1-4H3,(H,23,24). The summed E-state index contributed by atoms with van der Waals surface area (Å²) < 4.78 is 0. The van der Waals surface area contributed by atoms with Gasteiger partial charge in [-0.05, 0) is 61.8 Å². The average molecular weight is 375 g/mol. The number of nitrogen functional groups attached to an aromatic ring is 1. The van der Waals surface area contributed by atoms with Crippen molar-refractivity contribution < 1.29 is 15.0 Å². The Morgan fingerprint density at radius 3 is 2.50 bits per heavy atom. The fourth-order valence-electron chi connectivity index (χ4n) is 3.97. The molecule has 0 aliphatic heterocycles. The molecule has 1 heterocycles. The summed E-state index contributed by atoms with van der Waals surface area (Å²) in [5.41, 5.74) is 6.20. The predicted molar refractivity (Wildman–Crippen MR) is 104 cm³/mol. The van der Waals surface area contributed by atoms with Crippen LogP contribution in [0.15, 0.2) is 24.4 Å². The minimum atomic E-state index is -1.10. The summed E-state index contributed by atoms with van der Waals surface area (Å²) in [5, 5.41) is 21.6. The molecule has 1 saturated carbocycles. The van der Waals surface area contributed by atoms with Crippen LogP contribution in [-0.4, -0.2) is 21.2 Å². The van der Waals surface area contributed by atoms with Crippen molar-refractivity contribution >= 4 is 23.0 Å². The van der Waals surface area contributed by atoms with Crippen molar-refractivity contribution in [1.29, 1.82) is 0 Å². The van der Waals surface area contributed by atoms with Gasteiger partial charge < -0.3 is 15.9 Å². The van der Waals surface area contributed by atoms with E-state index in [0.717, 1.165) is 16.0 Å². The van der Waals surface area contributed by atoms with Gasteiger partial charge in [0.05, 0.1) is 10.3 Å². The predicted octanol–water partition coefficient (Wildman–Crippen LogP) is 4.19. The van der Waals surface area contributed by atoms with E-state index in [1.165, 1.54) is 11.3 Å².